The smallest absolute Gasteiger partial charge is 0.222 e. The molecule has 2 N–H and O–H groups in total. The minimum absolute atomic E-state index is 0. The number of ether oxygens (including phenoxy) is 1. The summed E-state index contributed by atoms with van der Waals surface area (Å²) in [6.07, 6.45) is 1.45. The van der Waals surface area contributed by atoms with Gasteiger partial charge in [0.1, 0.15) is 0 Å². The number of piperidine rings is 1. The van der Waals surface area contributed by atoms with Crippen molar-refractivity contribution in [2.24, 2.45) is 5.92 Å². The third kappa shape index (κ3) is 6.46. The topological polar surface area (TPSA) is 50.4 Å². The van der Waals surface area contributed by atoms with Gasteiger partial charge >= 0.3 is 0 Å². The van der Waals surface area contributed by atoms with Crippen molar-refractivity contribution < 1.29 is 9.53 Å². The van der Waals surface area contributed by atoms with Gasteiger partial charge in [0.2, 0.25) is 5.91 Å². The first kappa shape index (κ1) is 18.0. The number of nitrogens with one attached hydrogen (secondary N) is 2. The van der Waals surface area contributed by atoms with E-state index in [1.165, 1.54) is 0 Å². The summed E-state index contributed by atoms with van der Waals surface area (Å²) in [7, 11) is 0. The molecule has 1 fully saturated rings. The van der Waals surface area contributed by atoms with Gasteiger partial charge in [-0.15, -0.1) is 12.4 Å². The molecule has 5 heteroatoms. The molecule has 2 rings (SSSR count). The molecule has 1 aromatic carbocycles. The Balaban J connectivity index is 0.00000220. The molecule has 1 amide bonds. The lowest BCUT2D eigenvalue weighted by Crippen LogP contribution is -2.48. The lowest BCUT2D eigenvalue weighted by molar-refractivity contribution is -0.123. The van der Waals surface area contributed by atoms with Gasteiger partial charge in [-0.3, -0.25) is 4.79 Å². The Labute approximate surface area is 133 Å². The van der Waals surface area contributed by atoms with Gasteiger partial charge in [0, 0.05) is 12.5 Å². The fourth-order valence-electron chi connectivity index (χ4n) is 2.44. The molecular weight excluding hydrogens is 288 g/mol. The minimum atomic E-state index is 0. The van der Waals surface area contributed by atoms with Gasteiger partial charge in [0.25, 0.3) is 0 Å². The van der Waals surface area contributed by atoms with Crippen molar-refractivity contribution in [1.82, 2.24) is 10.6 Å². The van der Waals surface area contributed by atoms with Gasteiger partial charge in [-0.2, -0.15) is 0 Å². The van der Waals surface area contributed by atoms with E-state index >= 15 is 0 Å². The van der Waals surface area contributed by atoms with Crippen LogP contribution in [0.2, 0.25) is 0 Å². The molecule has 1 aliphatic rings. The predicted molar refractivity (Wildman–Crippen MR) is 86.5 cm³/mol. The van der Waals surface area contributed by atoms with Crippen LogP contribution in [0.4, 0.5) is 0 Å². The van der Waals surface area contributed by atoms with Gasteiger partial charge in [-0.25, -0.2) is 0 Å². The summed E-state index contributed by atoms with van der Waals surface area (Å²) in [4.78, 5) is 11.9. The van der Waals surface area contributed by atoms with Crippen molar-refractivity contribution in [3.05, 3.63) is 35.9 Å². The molecule has 118 valence electrons. The average Bonchev–Trinajstić information content (AvgIpc) is 2.47. The van der Waals surface area contributed by atoms with Crippen LogP contribution in [-0.2, 0) is 16.1 Å². The Morgan fingerprint density at radius 2 is 2.14 bits per heavy atom. The molecule has 4 nitrogen and oxygen atoms in total. The minimum Gasteiger partial charge on any atom is -0.376 e. The fraction of sp³-hybridized carbons (Fsp3) is 0.562. The summed E-state index contributed by atoms with van der Waals surface area (Å²) < 4.78 is 5.53. The van der Waals surface area contributed by atoms with Crippen molar-refractivity contribution in [3.8, 4) is 0 Å². The molecule has 1 saturated heterocycles. The van der Waals surface area contributed by atoms with E-state index < -0.39 is 0 Å². The SMILES string of the molecule is CC1CNCCC1NC(=O)CCOCc1ccccc1.Cl. The molecule has 0 spiro atoms. The van der Waals surface area contributed by atoms with E-state index in [1.807, 2.05) is 30.3 Å². The van der Waals surface area contributed by atoms with Gasteiger partial charge in [0.15, 0.2) is 0 Å². The van der Waals surface area contributed by atoms with Crippen LogP contribution in [0.5, 0.6) is 0 Å². The number of amides is 1. The second-order valence-corrected chi connectivity index (χ2v) is 5.43. The lowest BCUT2D eigenvalue weighted by Gasteiger charge is -2.30. The van der Waals surface area contributed by atoms with E-state index in [-0.39, 0.29) is 18.3 Å². The highest BCUT2D eigenvalue weighted by Crippen LogP contribution is 2.10. The van der Waals surface area contributed by atoms with Gasteiger partial charge in [-0.1, -0.05) is 37.3 Å². The third-order valence-electron chi connectivity index (χ3n) is 3.72. The van der Waals surface area contributed by atoms with E-state index in [0.717, 1.165) is 25.1 Å². The van der Waals surface area contributed by atoms with Gasteiger partial charge < -0.3 is 15.4 Å². The monoisotopic (exact) mass is 312 g/mol. The van der Waals surface area contributed by atoms with Gasteiger partial charge in [0.05, 0.1) is 13.2 Å². The normalized spacial score (nSPS) is 21.4. The van der Waals surface area contributed by atoms with Crippen LogP contribution in [0.15, 0.2) is 30.3 Å². The summed E-state index contributed by atoms with van der Waals surface area (Å²) in [5.41, 5.74) is 1.14. The molecule has 0 bridgehead atoms. The first-order chi connectivity index (χ1) is 9.75. The molecule has 21 heavy (non-hydrogen) atoms. The molecule has 2 atom stereocenters. The lowest BCUT2D eigenvalue weighted by atomic mass is 9.95. The zero-order valence-electron chi connectivity index (χ0n) is 12.5. The van der Waals surface area contributed by atoms with Crippen LogP contribution in [0.25, 0.3) is 0 Å². The van der Waals surface area contributed by atoms with Crippen molar-refractivity contribution in [2.75, 3.05) is 19.7 Å². The predicted octanol–water partition coefficient (Wildman–Crippen LogP) is 2.13. The highest BCUT2D eigenvalue weighted by molar-refractivity contribution is 5.85. The highest BCUT2D eigenvalue weighted by Gasteiger charge is 2.22. The third-order valence-corrected chi connectivity index (χ3v) is 3.72. The van der Waals surface area contributed by atoms with Gasteiger partial charge in [-0.05, 0) is 31.0 Å². The maximum absolute atomic E-state index is 11.9. The number of carbonyl (C=O) groups excluding carboxylic acids is 1. The van der Waals surface area contributed by atoms with Crippen LogP contribution >= 0.6 is 12.4 Å². The molecule has 0 radical (unpaired) electrons. The van der Waals surface area contributed by atoms with Crippen LogP contribution in [0.1, 0.15) is 25.3 Å². The molecule has 1 heterocycles. The second kappa shape index (κ2) is 9.77. The van der Waals surface area contributed by atoms with E-state index in [1.54, 1.807) is 0 Å². The summed E-state index contributed by atoms with van der Waals surface area (Å²) in [5.74, 6) is 0.592. The van der Waals surface area contributed by atoms with Crippen LogP contribution in [-0.4, -0.2) is 31.6 Å². The first-order valence-corrected chi connectivity index (χ1v) is 7.37. The molecule has 1 aromatic rings. The molecule has 0 aromatic heterocycles. The average molecular weight is 313 g/mol. The molecule has 0 saturated carbocycles. The number of hydrogen-bond acceptors (Lipinski definition) is 3. The number of halogens is 1. The van der Waals surface area contributed by atoms with Crippen LogP contribution in [0.3, 0.4) is 0 Å². The molecule has 2 unspecified atom stereocenters. The Bertz CT molecular complexity index is 414. The molecule has 1 aliphatic heterocycles. The number of hydrogen-bond donors (Lipinski definition) is 2. The van der Waals surface area contributed by atoms with Crippen molar-refractivity contribution in [1.29, 1.82) is 0 Å². The summed E-state index contributed by atoms with van der Waals surface area (Å²) in [6.45, 7) is 5.18. The van der Waals surface area contributed by atoms with E-state index in [9.17, 15) is 4.79 Å². The van der Waals surface area contributed by atoms with E-state index in [2.05, 4.69) is 17.6 Å². The molecule has 0 aliphatic carbocycles. The molecular formula is C16H25ClN2O2. The number of benzene rings is 1. The van der Waals surface area contributed by atoms with Crippen molar-refractivity contribution in [3.63, 3.8) is 0 Å². The Hall–Kier alpha value is -1.10. The Morgan fingerprint density at radius 3 is 2.86 bits per heavy atom. The van der Waals surface area contributed by atoms with Crippen molar-refractivity contribution in [2.45, 2.75) is 32.4 Å². The number of rotatable bonds is 6. The van der Waals surface area contributed by atoms with Crippen LogP contribution in [0, 0.1) is 5.92 Å². The maximum Gasteiger partial charge on any atom is 0.222 e. The highest BCUT2D eigenvalue weighted by atomic mass is 35.5. The summed E-state index contributed by atoms with van der Waals surface area (Å²) in [5, 5.41) is 6.44. The largest absolute Gasteiger partial charge is 0.376 e. The zero-order valence-corrected chi connectivity index (χ0v) is 13.3. The summed E-state index contributed by atoms with van der Waals surface area (Å²) in [6, 6.07) is 10.3. The number of carbonyl (C=O) groups is 1. The Morgan fingerprint density at radius 1 is 1.38 bits per heavy atom. The van der Waals surface area contributed by atoms with E-state index in [0.29, 0.717) is 31.6 Å². The fourth-order valence-corrected chi connectivity index (χ4v) is 2.44. The second-order valence-electron chi connectivity index (χ2n) is 5.43. The van der Waals surface area contributed by atoms with Crippen LogP contribution < -0.4 is 10.6 Å². The summed E-state index contributed by atoms with van der Waals surface area (Å²) >= 11 is 0. The van der Waals surface area contributed by atoms with E-state index in [4.69, 9.17) is 4.74 Å². The standard InChI is InChI=1S/C16H24N2O2.ClH/c1-13-11-17-9-7-15(13)18-16(19)8-10-20-12-14-5-3-2-4-6-14;/h2-6,13,15,17H,7-12H2,1H3,(H,18,19);1H. The Kier molecular flexibility index (Phi) is 8.35. The zero-order chi connectivity index (χ0) is 14.2. The van der Waals surface area contributed by atoms with Crippen molar-refractivity contribution >= 4 is 18.3 Å². The first-order valence-electron chi connectivity index (χ1n) is 7.37. The maximum atomic E-state index is 11.9. The quantitative estimate of drug-likeness (QED) is 0.791.